The Labute approximate surface area is 139 Å². The van der Waals surface area contributed by atoms with E-state index in [1.54, 1.807) is 0 Å². The number of likely N-dealkylation sites (tertiary alicyclic amines) is 1. The maximum atomic E-state index is 11.1. The zero-order valence-electron chi connectivity index (χ0n) is 14.2. The maximum absolute atomic E-state index is 11.1. The van der Waals surface area contributed by atoms with Crippen molar-refractivity contribution in [2.45, 2.75) is 52.0 Å². The molecule has 0 aliphatic carbocycles. The van der Waals surface area contributed by atoms with Crippen LogP contribution in [-0.4, -0.2) is 35.7 Å². The van der Waals surface area contributed by atoms with Gasteiger partial charge in [-0.25, -0.2) is 0 Å². The van der Waals surface area contributed by atoms with Gasteiger partial charge in [-0.1, -0.05) is 38.3 Å². The second kappa shape index (κ2) is 9.56. The fourth-order valence-electron chi connectivity index (χ4n) is 3.07. The molecule has 4 nitrogen and oxygen atoms in total. The molecule has 23 heavy (non-hydrogen) atoms. The number of carboxylic acid groups (broad SMARTS) is 1. The number of nitrogens with zero attached hydrogens (tertiary/aromatic N) is 1. The number of aliphatic carboxylic acids is 1. The van der Waals surface area contributed by atoms with Crippen LogP contribution in [0.1, 0.15) is 51.0 Å². The Morgan fingerprint density at radius 2 is 2.04 bits per heavy atom. The molecule has 0 spiro atoms. The predicted molar refractivity (Wildman–Crippen MR) is 91.7 cm³/mol. The topological polar surface area (TPSA) is 49.8 Å². The van der Waals surface area contributed by atoms with E-state index in [0.717, 1.165) is 44.7 Å². The number of carbonyl (C=O) groups is 1. The smallest absolute Gasteiger partial charge is 0.307 e. The number of piperidine rings is 1. The highest BCUT2D eigenvalue weighted by Crippen LogP contribution is 2.20. The molecule has 0 bridgehead atoms. The Kier molecular flexibility index (Phi) is 7.40. The van der Waals surface area contributed by atoms with Gasteiger partial charge in [0, 0.05) is 13.1 Å². The molecule has 1 N–H and O–H groups in total. The highest BCUT2D eigenvalue weighted by Gasteiger charge is 2.25. The molecular formula is C19H29NO3. The number of unbranched alkanes of at least 4 members (excludes halogenated alkanes) is 3. The van der Waals surface area contributed by atoms with Crippen molar-refractivity contribution < 1.29 is 14.6 Å². The number of ether oxygens (including phenoxy) is 1. The highest BCUT2D eigenvalue weighted by atomic mass is 16.5. The Morgan fingerprint density at radius 3 is 2.74 bits per heavy atom. The molecule has 4 heteroatoms. The van der Waals surface area contributed by atoms with Crippen LogP contribution in [0.4, 0.5) is 0 Å². The molecule has 0 radical (unpaired) electrons. The first-order valence-electron chi connectivity index (χ1n) is 8.86. The summed E-state index contributed by atoms with van der Waals surface area (Å²) >= 11 is 0. The molecular weight excluding hydrogens is 290 g/mol. The Hall–Kier alpha value is -1.55. The number of benzene rings is 1. The highest BCUT2D eigenvalue weighted by molar-refractivity contribution is 5.70. The molecule has 0 unspecified atom stereocenters. The van der Waals surface area contributed by atoms with Crippen molar-refractivity contribution in [2.75, 3.05) is 19.7 Å². The van der Waals surface area contributed by atoms with Crippen molar-refractivity contribution in [1.82, 2.24) is 4.90 Å². The van der Waals surface area contributed by atoms with Crippen LogP contribution in [0, 0.1) is 5.92 Å². The molecule has 128 valence electrons. The van der Waals surface area contributed by atoms with Gasteiger partial charge in [-0.05, 0) is 43.5 Å². The molecule has 0 amide bonds. The van der Waals surface area contributed by atoms with E-state index in [0.29, 0.717) is 6.54 Å². The largest absolute Gasteiger partial charge is 0.494 e. The molecule has 1 fully saturated rings. The Bertz CT molecular complexity index is 472. The van der Waals surface area contributed by atoms with Crippen LogP contribution in [-0.2, 0) is 11.3 Å². The first-order valence-corrected chi connectivity index (χ1v) is 8.86. The molecule has 0 aromatic heterocycles. The summed E-state index contributed by atoms with van der Waals surface area (Å²) in [6.07, 6.45) is 6.63. The van der Waals surface area contributed by atoms with Gasteiger partial charge < -0.3 is 9.84 Å². The molecule has 1 heterocycles. The van der Waals surface area contributed by atoms with Crippen LogP contribution in [0.3, 0.4) is 0 Å². The molecule has 1 atom stereocenters. The average molecular weight is 319 g/mol. The van der Waals surface area contributed by atoms with Gasteiger partial charge in [0.05, 0.1) is 12.5 Å². The quantitative estimate of drug-likeness (QED) is 0.700. The lowest BCUT2D eigenvalue weighted by Gasteiger charge is -2.30. The monoisotopic (exact) mass is 319 g/mol. The zero-order valence-corrected chi connectivity index (χ0v) is 14.2. The van der Waals surface area contributed by atoms with E-state index in [4.69, 9.17) is 9.84 Å². The van der Waals surface area contributed by atoms with Crippen LogP contribution in [0.5, 0.6) is 5.75 Å². The van der Waals surface area contributed by atoms with Crippen LogP contribution < -0.4 is 4.74 Å². The molecule has 0 saturated carbocycles. The average Bonchev–Trinajstić information content (AvgIpc) is 2.56. The minimum absolute atomic E-state index is 0.213. The van der Waals surface area contributed by atoms with Crippen LogP contribution in [0.25, 0.3) is 0 Å². The first-order chi connectivity index (χ1) is 11.2. The minimum atomic E-state index is -0.665. The van der Waals surface area contributed by atoms with E-state index < -0.39 is 5.97 Å². The number of carboxylic acids is 1. The fourth-order valence-corrected chi connectivity index (χ4v) is 3.07. The first kappa shape index (κ1) is 17.8. The van der Waals surface area contributed by atoms with E-state index in [1.807, 2.05) is 12.1 Å². The standard InChI is InChI=1S/C19H29NO3/c1-2-3-4-5-13-23-18-10-8-16(9-11-18)14-20-12-6-7-17(15-20)19(21)22/h8-11,17H,2-7,12-15H2,1H3,(H,21,22)/t17-/m1/s1. The normalized spacial score (nSPS) is 18.7. The van der Waals surface area contributed by atoms with Crippen LogP contribution >= 0.6 is 0 Å². The van der Waals surface area contributed by atoms with Crippen molar-refractivity contribution in [2.24, 2.45) is 5.92 Å². The minimum Gasteiger partial charge on any atom is -0.494 e. The van der Waals surface area contributed by atoms with Crippen LogP contribution in [0.15, 0.2) is 24.3 Å². The number of hydrogen-bond acceptors (Lipinski definition) is 3. The lowest BCUT2D eigenvalue weighted by atomic mass is 9.98. The summed E-state index contributed by atoms with van der Waals surface area (Å²) < 4.78 is 5.75. The number of rotatable bonds is 9. The lowest BCUT2D eigenvalue weighted by Crippen LogP contribution is -2.38. The second-order valence-electron chi connectivity index (χ2n) is 6.47. The van der Waals surface area contributed by atoms with Gasteiger partial charge >= 0.3 is 5.97 Å². The van der Waals surface area contributed by atoms with Gasteiger partial charge in [-0.3, -0.25) is 9.69 Å². The fraction of sp³-hybridized carbons (Fsp3) is 0.632. The summed E-state index contributed by atoms with van der Waals surface area (Å²) in [4.78, 5) is 13.4. The molecule has 1 saturated heterocycles. The summed E-state index contributed by atoms with van der Waals surface area (Å²) in [5.74, 6) is 0.0447. The Morgan fingerprint density at radius 1 is 1.26 bits per heavy atom. The van der Waals surface area contributed by atoms with Crippen molar-refractivity contribution in [3.63, 3.8) is 0 Å². The van der Waals surface area contributed by atoms with Gasteiger partial charge in [-0.15, -0.1) is 0 Å². The Balaban J connectivity index is 1.75. The van der Waals surface area contributed by atoms with E-state index >= 15 is 0 Å². The summed E-state index contributed by atoms with van der Waals surface area (Å²) in [6, 6.07) is 8.22. The third kappa shape index (κ3) is 6.22. The van der Waals surface area contributed by atoms with Gasteiger partial charge in [-0.2, -0.15) is 0 Å². The summed E-state index contributed by atoms with van der Waals surface area (Å²) in [5, 5.41) is 9.15. The molecule has 2 rings (SSSR count). The third-order valence-corrected chi connectivity index (χ3v) is 4.45. The summed E-state index contributed by atoms with van der Waals surface area (Å²) in [7, 11) is 0. The van der Waals surface area contributed by atoms with Crippen molar-refractivity contribution in [3.8, 4) is 5.75 Å². The van der Waals surface area contributed by atoms with E-state index in [-0.39, 0.29) is 5.92 Å². The number of hydrogen-bond donors (Lipinski definition) is 1. The van der Waals surface area contributed by atoms with Crippen molar-refractivity contribution >= 4 is 5.97 Å². The lowest BCUT2D eigenvalue weighted by molar-refractivity contribution is -0.143. The summed E-state index contributed by atoms with van der Waals surface area (Å²) in [6.45, 7) is 5.46. The molecule has 1 aliphatic rings. The van der Waals surface area contributed by atoms with E-state index in [1.165, 1.54) is 24.8 Å². The maximum Gasteiger partial charge on any atom is 0.307 e. The molecule has 1 aromatic rings. The predicted octanol–water partition coefficient (Wildman–Crippen LogP) is 3.94. The van der Waals surface area contributed by atoms with Gasteiger partial charge in [0.15, 0.2) is 0 Å². The zero-order chi connectivity index (χ0) is 16.5. The van der Waals surface area contributed by atoms with Crippen molar-refractivity contribution in [1.29, 1.82) is 0 Å². The van der Waals surface area contributed by atoms with Crippen molar-refractivity contribution in [3.05, 3.63) is 29.8 Å². The van der Waals surface area contributed by atoms with Gasteiger partial charge in [0.1, 0.15) is 5.75 Å². The second-order valence-corrected chi connectivity index (χ2v) is 6.47. The van der Waals surface area contributed by atoms with Crippen LogP contribution in [0.2, 0.25) is 0 Å². The summed E-state index contributed by atoms with van der Waals surface area (Å²) in [5.41, 5.74) is 1.22. The molecule has 1 aliphatic heterocycles. The van der Waals surface area contributed by atoms with Gasteiger partial charge in [0.25, 0.3) is 0 Å². The van der Waals surface area contributed by atoms with Gasteiger partial charge in [0.2, 0.25) is 0 Å². The third-order valence-electron chi connectivity index (χ3n) is 4.45. The molecule has 1 aromatic carbocycles. The van der Waals surface area contributed by atoms with E-state index in [9.17, 15) is 4.79 Å². The SMILES string of the molecule is CCCCCCOc1ccc(CN2CCC[C@@H](C(=O)O)C2)cc1. The van der Waals surface area contributed by atoms with E-state index in [2.05, 4.69) is 24.0 Å².